The number of amides is 3. The first-order valence-corrected chi connectivity index (χ1v) is 8.66. The van der Waals surface area contributed by atoms with Gasteiger partial charge in [-0.25, -0.2) is 0 Å². The lowest BCUT2D eigenvalue weighted by Gasteiger charge is -2.23. The third-order valence-corrected chi connectivity index (χ3v) is 4.02. The lowest BCUT2D eigenvalue weighted by atomic mass is 10.1. The average Bonchev–Trinajstić information content (AvgIpc) is 2.57. The van der Waals surface area contributed by atoms with Crippen LogP contribution in [0.2, 0.25) is 0 Å². The predicted octanol–water partition coefficient (Wildman–Crippen LogP) is 1.88. The van der Waals surface area contributed by atoms with Crippen LogP contribution in [0.25, 0.3) is 0 Å². The number of rotatable bonds is 9. The molecule has 1 aliphatic rings. The van der Waals surface area contributed by atoms with Crippen molar-refractivity contribution >= 4 is 35.1 Å². The zero-order valence-electron chi connectivity index (χ0n) is 14.4. The molecule has 0 aliphatic carbocycles. The molecule has 0 radical (unpaired) electrons. The van der Waals surface area contributed by atoms with Gasteiger partial charge in [0.15, 0.2) is 0 Å². The van der Waals surface area contributed by atoms with Crippen molar-refractivity contribution in [1.29, 1.82) is 0 Å². The molecular weight excluding hydrogens is 338 g/mol. The van der Waals surface area contributed by atoms with E-state index in [0.717, 1.165) is 0 Å². The van der Waals surface area contributed by atoms with Gasteiger partial charge in [-0.2, -0.15) is 0 Å². The highest BCUT2D eigenvalue weighted by atomic mass is 16.4. The number of unbranched alkanes of at least 4 members (excludes halogenated alkanes) is 2. The molecule has 2 rings (SSSR count). The molecule has 4 N–H and O–H groups in total. The summed E-state index contributed by atoms with van der Waals surface area (Å²) in [6.07, 6.45) is 3.05. The van der Waals surface area contributed by atoms with Crippen LogP contribution in [0.15, 0.2) is 24.3 Å². The third kappa shape index (κ3) is 6.54. The van der Waals surface area contributed by atoms with Crippen molar-refractivity contribution < 1.29 is 24.3 Å². The van der Waals surface area contributed by atoms with Crippen molar-refractivity contribution in [2.75, 3.05) is 10.6 Å². The van der Waals surface area contributed by atoms with Gasteiger partial charge in [0.25, 0.3) is 0 Å². The Morgan fingerprint density at radius 1 is 1.12 bits per heavy atom. The molecule has 0 aromatic heterocycles. The Morgan fingerprint density at radius 2 is 1.85 bits per heavy atom. The van der Waals surface area contributed by atoms with Crippen LogP contribution in [-0.2, 0) is 19.2 Å². The molecule has 26 heavy (non-hydrogen) atoms. The molecule has 1 heterocycles. The number of imide groups is 1. The molecule has 1 aliphatic heterocycles. The van der Waals surface area contributed by atoms with Crippen LogP contribution < -0.4 is 16.0 Å². The van der Waals surface area contributed by atoms with E-state index in [1.807, 2.05) is 0 Å². The molecule has 1 aromatic carbocycles. The van der Waals surface area contributed by atoms with E-state index in [-0.39, 0.29) is 24.1 Å². The maximum Gasteiger partial charge on any atom is 0.303 e. The summed E-state index contributed by atoms with van der Waals surface area (Å²) in [5, 5.41) is 16.7. The van der Waals surface area contributed by atoms with Crippen LogP contribution in [0.3, 0.4) is 0 Å². The molecule has 1 atom stereocenters. The number of nitrogens with one attached hydrogen (secondary N) is 3. The molecule has 1 saturated heterocycles. The third-order valence-electron chi connectivity index (χ3n) is 4.02. The summed E-state index contributed by atoms with van der Waals surface area (Å²) in [4.78, 5) is 45.3. The van der Waals surface area contributed by atoms with E-state index in [9.17, 15) is 19.2 Å². The van der Waals surface area contributed by atoms with Gasteiger partial charge in [0.05, 0.1) is 0 Å². The van der Waals surface area contributed by atoms with Gasteiger partial charge < -0.3 is 15.7 Å². The summed E-state index contributed by atoms with van der Waals surface area (Å²) >= 11 is 0. The molecule has 1 unspecified atom stereocenters. The Labute approximate surface area is 151 Å². The monoisotopic (exact) mass is 361 g/mol. The van der Waals surface area contributed by atoms with Gasteiger partial charge in [0.1, 0.15) is 6.04 Å². The Bertz CT molecular complexity index is 689. The second-order valence-electron chi connectivity index (χ2n) is 6.23. The van der Waals surface area contributed by atoms with E-state index in [4.69, 9.17) is 5.11 Å². The minimum atomic E-state index is -0.824. The van der Waals surface area contributed by atoms with Gasteiger partial charge in [0.2, 0.25) is 17.7 Å². The first-order valence-electron chi connectivity index (χ1n) is 8.66. The summed E-state index contributed by atoms with van der Waals surface area (Å²) in [5.74, 6) is -1.58. The van der Waals surface area contributed by atoms with E-state index in [0.29, 0.717) is 49.9 Å². The van der Waals surface area contributed by atoms with Crippen LogP contribution in [0, 0.1) is 0 Å². The van der Waals surface area contributed by atoms with E-state index >= 15 is 0 Å². The fourth-order valence-corrected chi connectivity index (χ4v) is 2.68. The Morgan fingerprint density at radius 3 is 2.58 bits per heavy atom. The van der Waals surface area contributed by atoms with Crippen molar-refractivity contribution in [2.45, 2.75) is 51.0 Å². The summed E-state index contributed by atoms with van der Waals surface area (Å²) < 4.78 is 0. The largest absolute Gasteiger partial charge is 0.481 e. The lowest BCUT2D eigenvalue weighted by molar-refractivity contribution is -0.137. The van der Waals surface area contributed by atoms with E-state index in [1.54, 1.807) is 24.3 Å². The Hall–Kier alpha value is -2.90. The molecule has 1 fully saturated rings. The quantitative estimate of drug-likeness (QED) is 0.393. The zero-order chi connectivity index (χ0) is 18.9. The highest BCUT2D eigenvalue weighted by Crippen LogP contribution is 2.19. The molecule has 1 aromatic rings. The van der Waals surface area contributed by atoms with Crippen LogP contribution >= 0.6 is 0 Å². The second kappa shape index (κ2) is 9.55. The van der Waals surface area contributed by atoms with Gasteiger partial charge in [0, 0.05) is 30.6 Å². The zero-order valence-corrected chi connectivity index (χ0v) is 14.4. The molecule has 140 valence electrons. The Balaban J connectivity index is 1.79. The van der Waals surface area contributed by atoms with Gasteiger partial charge in [-0.05, 0) is 37.5 Å². The first kappa shape index (κ1) is 19.4. The topological polar surface area (TPSA) is 125 Å². The number of carbonyl (C=O) groups is 4. The van der Waals surface area contributed by atoms with Crippen LogP contribution in [0.4, 0.5) is 11.4 Å². The number of carboxylic acid groups (broad SMARTS) is 1. The fraction of sp³-hybridized carbons (Fsp3) is 0.444. The van der Waals surface area contributed by atoms with Crippen molar-refractivity contribution in [3.63, 3.8) is 0 Å². The fourth-order valence-electron chi connectivity index (χ4n) is 2.68. The standard InChI is InChI=1S/C18H23N3O5/c22-15(7-2-1-3-8-17(24)25)20-13-6-4-5-12(11-13)19-14-9-10-16(23)21-18(14)26/h4-6,11,14,19H,1-3,7-10H2,(H,20,22)(H,24,25)(H,21,23,26). The van der Waals surface area contributed by atoms with E-state index < -0.39 is 12.0 Å². The smallest absolute Gasteiger partial charge is 0.303 e. The van der Waals surface area contributed by atoms with Crippen molar-refractivity contribution in [2.24, 2.45) is 0 Å². The number of anilines is 2. The molecule has 0 saturated carbocycles. The highest BCUT2D eigenvalue weighted by molar-refractivity contribution is 6.01. The minimum absolute atomic E-state index is 0.121. The minimum Gasteiger partial charge on any atom is -0.481 e. The summed E-state index contributed by atoms with van der Waals surface area (Å²) in [6, 6.07) is 6.54. The first-order chi connectivity index (χ1) is 12.4. The SMILES string of the molecule is O=C(O)CCCCCC(=O)Nc1cccc(NC2CCC(=O)NC2=O)c1. The second-order valence-corrected chi connectivity index (χ2v) is 6.23. The maximum absolute atomic E-state index is 11.9. The van der Waals surface area contributed by atoms with E-state index in [2.05, 4.69) is 16.0 Å². The van der Waals surface area contributed by atoms with Crippen molar-refractivity contribution in [1.82, 2.24) is 5.32 Å². The van der Waals surface area contributed by atoms with Gasteiger partial charge in [-0.1, -0.05) is 12.5 Å². The van der Waals surface area contributed by atoms with Gasteiger partial charge in [-0.15, -0.1) is 0 Å². The number of aliphatic carboxylic acids is 1. The Kier molecular flexibility index (Phi) is 7.13. The van der Waals surface area contributed by atoms with Crippen LogP contribution in [0.1, 0.15) is 44.9 Å². The van der Waals surface area contributed by atoms with E-state index in [1.165, 1.54) is 0 Å². The van der Waals surface area contributed by atoms with Crippen LogP contribution in [-0.4, -0.2) is 34.8 Å². The number of hydrogen-bond acceptors (Lipinski definition) is 5. The van der Waals surface area contributed by atoms with Crippen LogP contribution in [0.5, 0.6) is 0 Å². The summed E-state index contributed by atoms with van der Waals surface area (Å²) in [7, 11) is 0. The summed E-state index contributed by atoms with van der Waals surface area (Å²) in [5.41, 5.74) is 1.29. The normalized spacial score (nSPS) is 16.7. The predicted molar refractivity (Wildman–Crippen MR) is 95.6 cm³/mol. The van der Waals surface area contributed by atoms with Gasteiger partial charge >= 0.3 is 5.97 Å². The number of benzene rings is 1. The summed E-state index contributed by atoms with van der Waals surface area (Å²) in [6.45, 7) is 0. The lowest BCUT2D eigenvalue weighted by Crippen LogP contribution is -2.47. The average molecular weight is 361 g/mol. The maximum atomic E-state index is 11.9. The number of piperidine rings is 1. The molecule has 8 heteroatoms. The van der Waals surface area contributed by atoms with Crippen molar-refractivity contribution in [3.05, 3.63) is 24.3 Å². The highest BCUT2D eigenvalue weighted by Gasteiger charge is 2.26. The molecule has 8 nitrogen and oxygen atoms in total. The molecule has 0 bridgehead atoms. The number of hydrogen-bond donors (Lipinski definition) is 4. The number of carbonyl (C=O) groups excluding carboxylic acids is 3. The number of carboxylic acids is 1. The molecular formula is C18H23N3O5. The molecule has 3 amide bonds. The molecule has 0 spiro atoms. The van der Waals surface area contributed by atoms with Crippen molar-refractivity contribution in [3.8, 4) is 0 Å². The van der Waals surface area contributed by atoms with Gasteiger partial charge in [-0.3, -0.25) is 24.5 Å².